The van der Waals surface area contributed by atoms with E-state index in [0.29, 0.717) is 11.6 Å². The molecule has 0 amide bonds. The highest BCUT2D eigenvalue weighted by Gasteiger charge is 2.03. The highest BCUT2D eigenvalue weighted by Crippen LogP contribution is 2.19. The van der Waals surface area contributed by atoms with Gasteiger partial charge in [-0.3, -0.25) is 4.68 Å². The van der Waals surface area contributed by atoms with Gasteiger partial charge in [-0.1, -0.05) is 6.92 Å². The van der Waals surface area contributed by atoms with Crippen LogP contribution in [0.25, 0.3) is 0 Å². The van der Waals surface area contributed by atoms with Gasteiger partial charge < -0.3 is 10.1 Å². The van der Waals surface area contributed by atoms with Crippen LogP contribution in [-0.4, -0.2) is 26.3 Å². The molecule has 0 aromatic carbocycles. The zero-order chi connectivity index (χ0) is 12.8. The molecule has 0 radical (unpaired) electrons. The lowest BCUT2D eigenvalue weighted by Crippen LogP contribution is -2.02. The minimum absolute atomic E-state index is 0.513. The Balaban J connectivity index is 2.04. The Labute approximate surface area is 106 Å². The first-order valence-corrected chi connectivity index (χ1v) is 6.08. The molecule has 0 saturated heterocycles. The first kappa shape index (κ1) is 12.3. The van der Waals surface area contributed by atoms with Gasteiger partial charge in [0.05, 0.1) is 12.4 Å². The molecule has 0 fully saturated rings. The lowest BCUT2D eigenvalue weighted by atomic mass is 10.4. The summed E-state index contributed by atoms with van der Waals surface area (Å²) in [6, 6.07) is 1.78. The van der Waals surface area contributed by atoms with E-state index in [9.17, 15) is 0 Å². The Morgan fingerprint density at radius 3 is 2.94 bits per heavy atom. The highest BCUT2D eigenvalue weighted by molar-refractivity contribution is 5.38. The number of aryl methyl sites for hydroxylation is 1. The second kappa shape index (κ2) is 6.00. The topological polar surface area (TPSA) is 64.9 Å². The molecule has 0 saturated carbocycles. The van der Waals surface area contributed by atoms with E-state index in [1.165, 1.54) is 6.33 Å². The molecule has 0 aliphatic carbocycles. The molecule has 0 unspecified atom stereocenters. The molecular formula is C12H17N5O. The van der Waals surface area contributed by atoms with Gasteiger partial charge in [-0.2, -0.15) is 5.10 Å². The summed E-state index contributed by atoms with van der Waals surface area (Å²) in [5.41, 5.74) is 0. The third-order valence-corrected chi connectivity index (χ3v) is 2.35. The van der Waals surface area contributed by atoms with E-state index in [-0.39, 0.29) is 0 Å². The number of aromatic nitrogens is 4. The van der Waals surface area contributed by atoms with Gasteiger partial charge >= 0.3 is 0 Å². The predicted octanol–water partition coefficient (Wildman–Crippen LogP) is 2.31. The van der Waals surface area contributed by atoms with Gasteiger partial charge in [0.1, 0.15) is 12.1 Å². The summed E-state index contributed by atoms with van der Waals surface area (Å²) in [6.07, 6.45) is 6.03. The Morgan fingerprint density at radius 1 is 1.33 bits per heavy atom. The van der Waals surface area contributed by atoms with Crippen molar-refractivity contribution in [1.29, 1.82) is 0 Å². The van der Waals surface area contributed by atoms with Crippen molar-refractivity contribution < 1.29 is 4.74 Å². The van der Waals surface area contributed by atoms with Crippen molar-refractivity contribution in [2.45, 2.75) is 26.8 Å². The Morgan fingerprint density at radius 2 is 2.22 bits per heavy atom. The zero-order valence-corrected chi connectivity index (χ0v) is 10.6. The van der Waals surface area contributed by atoms with E-state index in [2.05, 4.69) is 27.3 Å². The molecular weight excluding hydrogens is 230 g/mol. The fourth-order valence-electron chi connectivity index (χ4n) is 1.44. The summed E-state index contributed by atoms with van der Waals surface area (Å²) in [5.74, 6) is 1.96. The van der Waals surface area contributed by atoms with E-state index >= 15 is 0 Å². The number of hydrogen-bond acceptors (Lipinski definition) is 5. The van der Waals surface area contributed by atoms with Gasteiger partial charge in [0.2, 0.25) is 5.88 Å². The second-order valence-electron chi connectivity index (χ2n) is 3.80. The number of rotatable bonds is 6. The first-order valence-electron chi connectivity index (χ1n) is 6.08. The standard InChI is InChI=1S/C12H17N5O/c1-3-5-13-11-6-12(15-9-14-11)18-10-7-16-17(4-2)8-10/h6-9H,3-5H2,1-2H3,(H,13,14,15). The number of ether oxygens (including phenoxy) is 1. The van der Waals surface area contributed by atoms with Crippen LogP contribution in [0.4, 0.5) is 5.82 Å². The van der Waals surface area contributed by atoms with Gasteiger partial charge in [-0.25, -0.2) is 9.97 Å². The van der Waals surface area contributed by atoms with Crippen molar-refractivity contribution in [3.05, 3.63) is 24.8 Å². The molecule has 1 N–H and O–H groups in total. The summed E-state index contributed by atoms with van der Waals surface area (Å²) < 4.78 is 7.41. The first-order chi connectivity index (χ1) is 8.81. The third-order valence-electron chi connectivity index (χ3n) is 2.35. The average molecular weight is 247 g/mol. The second-order valence-corrected chi connectivity index (χ2v) is 3.80. The molecule has 0 spiro atoms. The molecule has 2 heterocycles. The summed E-state index contributed by atoms with van der Waals surface area (Å²) in [7, 11) is 0. The van der Waals surface area contributed by atoms with Gasteiger partial charge in [0.15, 0.2) is 5.75 Å². The quantitative estimate of drug-likeness (QED) is 0.848. The van der Waals surface area contributed by atoms with Gasteiger partial charge in [-0.15, -0.1) is 0 Å². The normalized spacial score (nSPS) is 10.3. The van der Waals surface area contributed by atoms with E-state index in [4.69, 9.17) is 4.74 Å². The zero-order valence-electron chi connectivity index (χ0n) is 10.6. The number of hydrogen-bond donors (Lipinski definition) is 1. The van der Waals surface area contributed by atoms with Crippen LogP contribution in [0.15, 0.2) is 24.8 Å². The van der Waals surface area contributed by atoms with Crippen molar-refractivity contribution in [1.82, 2.24) is 19.7 Å². The van der Waals surface area contributed by atoms with Crippen LogP contribution in [0.5, 0.6) is 11.6 Å². The fourth-order valence-corrected chi connectivity index (χ4v) is 1.44. The van der Waals surface area contributed by atoms with Crippen LogP contribution in [0.3, 0.4) is 0 Å². The van der Waals surface area contributed by atoms with Crippen molar-refractivity contribution in [3.63, 3.8) is 0 Å². The van der Waals surface area contributed by atoms with Crippen molar-refractivity contribution in [2.24, 2.45) is 0 Å². The van der Waals surface area contributed by atoms with Crippen LogP contribution in [0.1, 0.15) is 20.3 Å². The highest BCUT2D eigenvalue weighted by atomic mass is 16.5. The van der Waals surface area contributed by atoms with Gasteiger partial charge in [0, 0.05) is 19.2 Å². The summed E-state index contributed by atoms with van der Waals surface area (Å²) >= 11 is 0. The monoisotopic (exact) mass is 247 g/mol. The Bertz CT molecular complexity index is 497. The smallest absolute Gasteiger partial charge is 0.224 e. The van der Waals surface area contributed by atoms with Gasteiger partial charge in [-0.05, 0) is 13.3 Å². The van der Waals surface area contributed by atoms with Gasteiger partial charge in [0.25, 0.3) is 0 Å². The maximum absolute atomic E-state index is 5.61. The van der Waals surface area contributed by atoms with E-state index in [1.54, 1.807) is 16.9 Å². The minimum Gasteiger partial charge on any atom is -0.436 e. The van der Waals surface area contributed by atoms with Crippen LogP contribution < -0.4 is 10.1 Å². The fraction of sp³-hybridized carbons (Fsp3) is 0.417. The van der Waals surface area contributed by atoms with Crippen molar-refractivity contribution >= 4 is 5.82 Å². The predicted molar refractivity (Wildman–Crippen MR) is 68.8 cm³/mol. The molecule has 2 aromatic rings. The van der Waals surface area contributed by atoms with Crippen molar-refractivity contribution in [3.8, 4) is 11.6 Å². The van der Waals surface area contributed by atoms with E-state index < -0.39 is 0 Å². The molecule has 18 heavy (non-hydrogen) atoms. The van der Waals surface area contributed by atoms with Crippen LogP contribution in [0, 0.1) is 0 Å². The molecule has 0 bridgehead atoms. The molecule has 96 valence electrons. The molecule has 0 aliphatic rings. The van der Waals surface area contributed by atoms with Crippen molar-refractivity contribution in [2.75, 3.05) is 11.9 Å². The van der Waals surface area contributed by atoms with E-state index in [1.807, 2.05) is 13.1 Å². The molecule has 2 aromatic heterocycles. The lowest BCUT2D eigenvalue weighted by Gasteiger charge is -2.05. The summed E-state index contributed by atoms with van der Waals surface area (Å²) in [4.78, 5) is 8.18. The lowest BCUT2D eigenvalue weighted by molar-refractivity contribution is 0.460. The van der Waals surface area contributed by atoms with Crippen LogP contribution in [0.2, 0.25) is 0 Å². The minimum atomic E-state index is 0.513. The number of nitrogens with one attached hydrogen (secondary N) is 1. The maximum Gasteiger partial charge on any atom is 0.224 e. The molecule has 6 nitrogen and oxygen atoms in total. The Hall–Kier alpha value is -2.11. The van der Waals surface area contributed by atoms with Crippen LogP contribution >= 0.6 is 0 Å². The van der Waals surface area contributed by atoms with Crippen LogP contribution in [-0.2, 0) is 6.54 Å². The van der Waals surface area contributed by atoms with E-state index in [0.717, 1.165) is 25.3 Å². The average Bonchev–Trinajstić information content (AvgIpc) is 2.84. The number of nitrogens with zero attached hydrogens (tertiary/aromatic N) is 4. The maximum atomic E-state index is 5.61. The number of anilines is 1. The molecule has 6 heteroatoms. The molecule has 0 aliphatic heterocycles. The summed E-state index contributed by atoms with van der Waals surface area (Å²) in [5, 5.41) is 7.32. The SMILES string of the molecule is CCCNc1cc(Oc2cnn(CC)c2)ncn1. The molecule has 0 atom stereocenters. The third kappa shape index (κ3) is 3.19. The Kier molecular flexibility index (Phi) is 4.11. The molecule has 2 rings (SSSR count). The largest absolute Gasteiger partial charge is 0.436 e. The summed E-state index contributed by atoms with van der Waals surface area (Å²) in [6.45, 7) is 5.82.